The van der Waals surface area contributed by atoms with Gasteiger partial charge in [-0.15, -0.1) is 0 Å². The van der Waals surface area contributed by atoms with Gasteiger partial charge in [-0.3, -0.25) is 14.8 Å². The van der Waals surface area contributed by atoms with Crippen LogP contribution in [0.15, 0.2) is 41.3 Å². The lowest BCUT2D eigenvalue weighted by molar-refractivity contribution is -0.388. The van der Waals surface area contributed by atoms with E-state index in [1.807, 2.05) is 4.72 Å². The number of alkyl halides is 3. The molecule has 0 radical (unpaired) electrons. The van der Waals surface area contributed by atoms with Gasteiger partial charge in [0.2, 0.25) is 0 Å². The summed E-state index contributed by atoms with van der Waals surface area (Å²) in [7, 11) is -4.42. The largest absolute Gasteiger partial charge is 0.423 e. The van der Waals surface area contributed by atoms with Crippen LogP contribution >= 0.6 is 23.2 Å². The van der Waals surface area contributed by atoms with Gasteiger partial charge in [-0.2, -0.15) is 13.2 Å². The number of halogens is 5. The highest BCUT2D eigenvalue weighted by atomic mass is 35.5. The summed E-state index contributed by atoms with van der Waals surface area (Å²) < 4.78 is 65.4. The van der Waals surface area contributed by atoms with Gasteiger partial charge in [0.15, 0.2) is 0 Å². The Bertz CT molecular complexity index is 929. The number of anilines is 1. The van der Waals surface area contributed by atoms with Crippen molar-refractivity contribution < 1.29 is 26.5 Å². The fourth-order valence-electron chi connectivity index (χ4n) is 1.93. The van der Waals surface area contributed by atoms with Crippen molar-refractivity contribution in [2.75, 3.05) is 4.72 Å². The van der Waals surface area contributed by atoms with Gasteiger partial charge in [-0.1, -0.05) is 29.3 Å². The molecule has 0 heterocycles. The van der Waals surface area contributed by atoms with Crippen molar-refractivity contribution in [2.24, 2.45) is 0 Å². The van der Waals surface area contributed by atoms with Gasteiger partial charge in [0, 0.05) is 11.8 Å². The molecule has 134 valence electrons. The van der Waals surface area contributed by atoms with E-state index in [-0.39, 0.29) is 10.0 Å². The molecule has 0 amide bonds. The third kappa shape index (κ3) is 4.14. The lowest BCUT2D eigenvalue weighted by Crippen LogP contribution is -2.15. The molecular formula is C13H7Cl2F3N2O4S. The molecule has 0 aliphatic rings. The lowest BCUT2D eigenvalue weighted by atomic mass is 10.1. The summed E-state index contributed by atoms with van der Waals surface area (Å²) in [6, 6.07) is 5.56. The molecule has 0 aliphatic carbocycles. The average molecular weight is 415 g/mol. The van der Waals surface area contributed by atoms with Crippen molar-refractivity contribution in [1.29, 1.82) is 0 Å². The van der Waals surface area contributed by atoms with E-state index in [1.54, 1.807) is 0 Å². The minimum atomic E-state index is -5.05. The van der Waals surface area contributed by atoms with Gasteiger partial charge in [-0.25, -0.2) is 8.42 Å². The molecular weight excluding hydrogens is 408 g/mol. The molecule has 0 fully saturated rings. The quantitative estimate of drug-likeness (QED) is 0.578. The van der Waals surface area contributed by atoms with Gasteiger partial charge in [0.1, 0.15) is 10.5 Å². The average Bonchev–Trinajstić information content (AvgIpc) is 2.45. The molecule has 0 aliphatic heterocycles. The van der Waals surface area contributed by atoms with Crippen molar-refractivity contribution in [1.82, 2.24) is 0 Å². The van der Waals surface area contributed by atoms with Crippen LogP contribution in [-0.4, -0.2) is 13.3 Å². The second-order valence-electron chi connectivity index (χ2n) is 4.64. The third-order valence-corrected chi connectivity index (χ3v) is 5.27. The van der Waals surface area contributed by atoms with Crippen molar-refractivity contribution >= 4 is 44.6 Å². The second kappa shape index (κ2) is 6.70. The molecule has 2 aromatic carbocycles. The van der Waals surface area contributed by atoms with E-state index in [1.165, 1.54) is 18.2 Å². The predicted octanol–water partition coefficient (Wildman–Crippen LogP) is 4.72. The molecule has 6 nitrogen and oxygen atoms in total. The molecule has 0 atom stereocenters. The van der Waals surface area contributed by atoms with E-state index < -0.39 is 43.0 Å². The Labute approximate surface area is 149 Å². The number of nitro benzene ring substituents is 1. The Morgan fingerprint density at radius 2 is 1.64 bits per heavy atom. The van der Waals surface area contributed by atoms with Gasteiger partial charge in [0.05, 0.1) is 15.0 Å². The first-order valence-electron chi connectivity index (χ1n) is 6.26. The van der Waals surface area contributed by atoms with Crippen LogP contribution in [0.25, 0.3) is 0 Å². The fourth-order valence-corrected chi connectivity index (χ4v) is 4.13. The molecule has 0 bridgehead atoms. The Kier molecular flexibility index (Phi) is 5.17. The molecule has 0 saturated carbocycles. The molecule has 0 spiro atoms. The summed E-state index contributed by atoms with van der Waals surface area (Å²) in [4.78, 5) is 8.97. The Hall–Kier alpha value is -2.04. The van der Waals surface area contributed by atoms with Crippen molar-refractivity contribution in [3.63, 3.8) is 0 Å². The fraction of sp³-hybridized carbons (Fsp3) is 0.0769. The number of benzene rings is 2. The SMILES string of the molecule is O=[N+]([O-])c1ccc(NS(=O)(=O)c2c(Cl)cccc2Cl)cc1C(F)(F)F. The smallest absolute Gasteiger partial charge is 0.280 e. The zero-order valence-corrected chi connectivity index (χ0v) is 14.2. The van der Waals surface area contributed by atoms with Gasteiger partial charge >= 0.3 is 6.18 Å². The maximum absolute atomic E-state index is 12.9. The van der Waals surface area contributed by atoms with Crippen molar-refractivity contribution in [3.8, 4) is 0 Å². The summed E-state index contributed by atoms with van der Waals surface area (Å²) in [6.45, 7) is 0. The number of sulfonamides is 1. The standard InChI is InChI=1S/C13H7Cl2F3N2O4S/c14-9-2-1-3-10(15)12(9)25(23,24)19-7-4-5-11(20(21)22)8(6-7)13(16,17)18/h1-6,19H. The molecule has 2 aromatic rings. The summed E-state index contributed by atoms with van der Waals surface area (Å²) >= 11 is 11.6. The van der Waals surface area contributed by atoms with E-state index in [0.717, 1.165) is 6.07 Å². The zero-order chi connectivity index (χ0) is 19.0. The Balaban J connectivity index is 2.52. The highest BCUT2D eigenvalue weighted by Crippen LogP contribution is 2.38. The van der Waals surface area contributed by atoms with Crippen LogP contribution in [0.1, 0.15) is 5.56 Å². The number of hydrogen-bond acceptors (Lipinski definition) is 4. The highest BCUT2D eigenvalue weighted by molar-refractivity contribution is 7.93. The first-order chi connectivity index (χ1) is 11.4. The topological polar surface area (TPSA) is 89.3 Å². The molecule has 0 aromatic heterocycles. The summed E-state index contributed by atoms with van der Waals surface area (Å²) in [5.74, 6) is 0. The van der Waals surface area contributed by atoms with Crippen LogP contribution in [0.2, 0.25) is 10.0 Å². The maximum Gasteiger partial charge on any atom is 0.423 e. The van der Waals surface area contributed by atoms with Crippen LogP contribution in [0, 0.1) is 10.1 Å². The number of nitro groups is 1. The first kappa shape index (κ1) is 19.3. The highest BCUT2D eigenvalue weighted by Gasteiger charge is 2.38. The van der Waals surface area contributed by atoms with E-state index >= 15 is 0 Å². The van der Waals surface area contributed by atoms with E-state index in [4.69, 9.17) is 23.2 Å². The maximum atomic E-state index is 12.9. The Morgan fingerprint density at radius 1 is 1.08 bits per heavy atom. The number of nitrogens with zero attached hydrogens (tertiary/aromatic N) is 1. The lowest BCUT2D eigenvalue weighted by Gasteiger charge is -2.13. The molecule has 1 N–H and O–H groups in total. The second-order valence-corrected chi connectivity index (χ2v) is 7.08. The van der Waals surface area contributed by atoms with Crippen LogP contribution in [0.4, 0.5) is 24.5 Å². The number of hydrogen-bond donors (Lipinski definition) is 1. The zero-order valence-electron chi connectivity index (χ0n) is 11.8. The van der Waals surface area contributed by atoms with Crippen LogP contribution in [0.5, 0.6) is 0 Å². The van der Waals surface area contributed by atoms with Gasteiger partial charge in [0.25, 0.3) is 15.7 Å². The van der Waals surface area contributed by atoms with Crippen molar-refractivity contribution in [2.45, 2.75) is 11.1 Å². The third-order valence-electron chi connectivity index (χ3n) is 2.94. The number of rotatable bonds is 4. The molecule has 0 unspecified atom stereocenters. The van der Waals surface area contributed by atoms with E-state index in [9.17, 15) is 31.7 Å². The van der Waals surface area contributed by atoms with E-state index in [2.05, 4.69) is 0 Å². The summed E-state index contributed by atoms with van der Waals surface area (Å²) in [5, 5.41) is 10.2. The van der Waals surface area contributed by atoms with Gasteiger partial charge in [-0.05, 0) is 24.3 Å². The van der Waals surface area contributed by atoms with Crippen LogP contribution in [0.3, 0.4) is 0 Å². The summed E-state index contributed by atoms with van der Waals surface area (Å²) in [5.41, 5.74) is -3.33. The number of nitrogens with one attached hydrogen (secondary N) is 1. The van der Waals surface area contributed by atoms with Crippen molar-refractivity contribution in [3.05, 3.63) is 62.1 Å². The van der Waals surface area contributed by atoms with Crippen LogP contribution < -0.4 is 4.72 Å². The van der Waals surface area contributed by atoms with Gasteiger partial charge < -0.3 is 0 Å². The van der Waals surface area contributed by atoms with Crippen LogP contribution in [-0.2, 0) is 16.2 Å². The molecule has 12 heteroatoms. The molecule has 25 heavy (non-hydrogen) atoms. The Morgan fingerprint density at radius 3 is 2.12 bits per heavy atom. The summed E-state index contributed by atoms with van der Waals surface area (Å²) in [6.07, 6.45) is -5.05. The normalized spacial score (nSPS) is 12.0. The minimum absolute atomic E-state index is 0.238. The van der Waals surface area contributed by atoms with E-state index in [0.29, 0.717) is 12.1 Å². The molecule has 0 saturated heterocycles. The molecule has 2 rings (SSSR count). The first-order valence-corrected chi connectivity index (χ1v) is 8.50. The predicted molar refractivity (Wildman–Crippen MR) is 85.4 cm³/mol. The monoisotopic (exact) mass is 414 g/mol. The minimum Gasteiger partial charge on any atom is -0.280 e.